The molecular weight excluding hydrogens is 192 g/mol. The van der Waals surface area contributed by atoms with Crippen molar-refractivity contribution in [1.29, 1.82) is 0 Å². The summed E-state index contributed by atoms with van der Waals surface area (Å²) >= 11 is 0. The molecule has 0 saturated heterocycles. The van der Waals surface area contributed by atoms with Crippen molar-refractivity contribution in [3.8, 4) is 0 Å². The first-order valence-corrected chi connectivity index (χ1v) is 2.10. The van der Waals surface area contributed by atoms with Crippen molar-refractivity contribution in [2.75, 3.05) is 0 Å². The molecule has 5 nitrogen and oxygen atoms in total. The second kappa shape index (κ2) is 9.35. The van der Waals surface area contributed by atoms with Gasteiger partial charge in [-0.1, -0.05) is 0 Å². The Balaban J connectivity index is -0.0000000267. The van der Waals surface area contributed by atoms with E-state index in [1.807, 2.05) is 0 Å². The third kappa shape index (κ3) is 81.7. The van der Waals surface area contributed by atoms with Crippen LogP contribution in [0, 0.1) is 0 Å². The first-order chi connectivity index (χ1) is 2.00. The zero-order valence-electron chi connectivity index (χ0n) is 2.62. The van der Waals surface area contributed by atoms with Crippen molar-refractivity contribution in [2.45, 2.75) is 0 Å². The Bertz CT molecular complexity index is 93.6. The van der Waals surface area contributed by atoms with E-state index in [0.29, 0.717) is 0 Å². The molecule has 8 heavy (non-hydrogen) atoms. The van der Waals surface area contributed by atoms with E-state index in [9.17, 15) is 0 Å². The first-order valence-electron chi connectivity index (χ1n) is 0.698. The van der Waals surface area contributed by atoms with Gasteiger partial charge >= 0.3 is 85.9 Å². The SMILES string of the molecule is O.O=S(=O)(O)O.[CaH2].[CaH2]. The molecule has 0 amide bonds. The molecule has 0 bridgehead atoms. The summed E-state index contributed by atoms with van der Waals surface area (Å²) in [6, 6.07) is 0. The molecule has 0 atom stereocenters. The van der Waals surface area contributed by atoms with Crippen LogP contribution >= 0.6 is 0 Å². The fourth-order valence-corrected chi connectivity index (χ4v) is 0. The van der Waals surface area contributed by atoms with Crippen LogP contribution in [0.15, 0.2) is 0 Å². The summed E-state index contributed by atoms with van der Waals surface area (Å²) in [6.07, 6.45) is 0. The van der Waals surface area contributed by atoms with Crippen molar-refractivity contribution >= 4 is 85.9 Å². The Hall–Kier alpha value is 2.35. The summed E-state index contributed by atoms with van der Waals surface area (Å²) in [6.45, 7) is 0. The van der Waals surface area contributed by atoms with Crippen LogP contribution in [0.5, 0.6) is 0 Å². The molecule has 0 rings (SSSR count). The Morgan fingerprint density at radius 1 is 1.00 bits per heavy atom. The minimum atomic E-state index is -4.67. The molecule has 0 aliphatic rings. The molecule has 0 aliphatic carbocycles. The van der Waals surface area contributed by atoms with Crippen molar-refractivity contribution < 1.29 is 23.0 Å². The summed E-state index contributed by atoms with van der Waals surface area (Å²) < 4.78 is 31.6. The van der Waals surface area contributed by atoms with E-state index in [1.54, 1.807) is 0 Å². The third-order valence-corrected chi connectivity index (χ3v) is 0. The summed E-state index contributed by atoms with van der Waals surface area (Å²) in [5.74, 6) is 0. The Morgan fingerprint density at radius 3 is 1.00 bits per heavy atom. The number of hydrogen-bond acceptors (Lipinski definition) is 2. The maximum atomic E-state index is 8.74. The van der Waals surface area contributed by atoms with Gasteiger partial charge in [-0.15, -0.1) is 0 Å². The summed E-state index contributed by atoms with van der Waals surface area (Å²) in [4.78, 5) is 0. The molecule has 0 saturated carbocycles. The van der Waals surface area contributed by atoms with Crippen LogP contribution in [0.1, 0.15) is 0 Å². The normalized spacial score (nSPS) is 7.25. The topological polar surface area (TPSA) is 106 Å². The van der Waals surface area contributed by atoms with E-state index in [2.05, 4.69) is 0 Å². The van der Waals surface area contributed by atoms with Crippen LogP contribution in [0.4, 0.5) is 0 Å². The average Bonchev–Trinajstić information content (AvgIpc) is 0.722. The van der Waals surface area contributed by atoms with Gasteiger partial charge in [0.1, 0.15) is 0 Å². The van der Waals surface area contributed by atoms with E-state index >= 15 is 0 Å². The third-order valence-electron chi connectivity index (χ3n) is 0. The molecule has 0 unspecified atom stereocenters. The Labute approximate surface area is 107 Å². The molecule has 0 fully saturated rings. The zero-order valence-corrected chi connectivity index (χ0v) is 3.44. The van der Waals surface area contributed by atoms with Gasteiger partial charge in [0, 0.05) is 0 Å². The maximum absolute atomic E-state index is 8.74. The molecule has 0 heterocycles. The number of rotatable bonds is 0. The van der Waals surface area contributed by atoms with Crippen LogP contribution in [0.3, 0.4) is 0 Å². The number of hydrogen-bond donors (Lipinski definition) is 2. The van der Waals surface area contributed by atoms with Crippen molar-refractivity contribution in [3.63, 3.8) is 0 Å². The predicted molar refractivity (Wildman–Crippen MR) is 34.9 cm³/mol. The summed E-state index contributed by atoms with van der Waals surface area (Å²) in [5, 5.41) is 0. The van der Waals surface area contributed by atoms with Gasteiger partial charge in [0.25, 0.3) is 0 Å². The molecule has 0 spiro atoms. The molecule has 0 aliphatic heterocycles. The van der Waals surface area contributed by atoms with Crippen LogP contribution in [0.25, 0.3) is 0 Å². The van der Waals surface area contributed by atoms with Gasteiger partial charge in [-0.2, -0.15) is 8.42 Å². The minimum absolute atomic E-state index is 0. The molecular formula is H8Ca2O5S. The van der Waals surface area contributed by atoms with Gasteiger partial charge < -0.3 is 5.48 Å². The van der Waals surface area contributed by atoms with Gasteiger partial charge in [0.15, 0.2) is 0 Å². The van der Waals surface area contributed by atoms with Crippen molar-refractivity contribution in [1.82, 2.24) is 0 Å². The van der Waals surface area contributed by atoms with E-state index in [4.69, 9.17) is 17.5 Å². The Morgan fingerprint density at radius 2 is 1.00 bits per heavy atom. The van der Waals surface area contributed by atoms with Gasteiger partial charge in [-0.3, -0.25) is 9.11 Å². The molecule has 8 heteroatoms. The van der Waals surface area contributed by atoms with E-state index in [-0.39, 0.29) is 81.0 Å². The summed E-state index contributed by atoms with van der Waals surface area (Å²) in [7, 11) is -4.67. The fourth-order valence-electron chi connectivity index (χ4n) is 0. The first kappa shape index (κ1) is 22.4. The van der Waals surface area contributed by atoms with E-state index in [1.165, 1.54) is 0 Å². The molecule has 4 N–H and O–H groups in total. The average molecular weight is 200 g/mol. The van der Waals surface area contributed by atoms with Gasteiger partial charge in [0.2, 0.25) is 0 Å². The van der Waals surface area contributed by atoms with Crippen LogP contribution in [-0.4, -0.2) is 98.5 Å². The van der Waals surface area contributed by atoms with Crippen molar-refractivity contribution in [3.05, 3.63) is 0 Å². The van der Waals surface area contributed by atoms with Gasteiger partial charge in [-0.05, 0) is 0 Å². The molecule has 0 aromatic carbocycles. The standard InChI is InChI=1S/2Ca.H2O4S.H2O.4H/c;;1-5(2,3)4;;;;;/h;;(H2,1,2,3,4);1H2;;;;. The van der Waals surface area contributed by atoms with Crippen LogP contribution in [-0.2, 0) is 10.4 Å². The van der Waals surface area contributed by atoms with E-state index in [0.717, 1.165) is 0 Å². The second-order valence-electron chi connectivity index (χ2n) is 0.448. The summed E-state index contributed by atoms with van der Waals surface area (Å²) in [5.41, 5.74) is 0. The van der Waals surface area contributed by atoms with Crippen LogP contribution < -0.4 is 0 Å². The fraction of sp³-hybridized carbons (Fsp3) is 0. The molecule has 0 aromatic heterocycles. The second-order valence-corrected chi connectivity index (χ2v) is 1.34. The molecule has 0 radical (unpaired) electrons. The zero-order chi connectivity index (χ0) is 4.50. The molecule has 48 valence electrons. The molecule has 0 aromatic rings. The quantitative estimate of drug-likeness (QED) is 0.315. The van der Waals surface area contributed by atoms with E-state index < -0.39 is 10.4 Å². The van der Waals surface area contributed by atoms with Gasteiger partial charge in [0.05, 0.1) is 0 Å². The monoisotopic (exact) mass is 200 g/mol. The van der Waals surface area contributed by atoms with Crippen molar-refractivity contribution in [2.24, 2.45) is 0 Å². The predicted octanol–water partition coefficient (Wildman–Crippen LogP) is -3.31. The Kier molecular flexibility index (Phi) is 26.2. The van der Waals surface area contributed by atoms with Gasteiger partial charge in [-0.25, -0.2) is 0 Å². The van der Waals surface area contributed by atoms with Crippen LogP contribution in [0.2, 0.25) is 0 Å².